The number of pyridine rings is 2. The summed E-state index contributed by atoms with van der Waals surface area (Å²) >= 11 is 0. The molecule has 2 fully saturated rings. The fraction of sp³-hybridized carbons (Fsp3) is 0.393. The third-order valence-corrected chi connectivity index (χ3v) is 7.88. The molecule has 0 bridgehead atoms. The van der Waals surface area contributed by atoms with Crippen molar-refractivity contribution >= 4 is 16.9 Å². The van der Waals surface area contributed by atoms with Crippen LogP contribution in [0.4, 0.5) is 5.82 Å². The van der Waals surface area contributed by atoms with Gasteiger partial charge in [0.1, 0.15) is 34.2 Å². The Hall–Kier alpha value is -3.69. The van der Waals surface area contributed by atoms with Crippen LogP contribution in [-0.4, -0.2) is 82.2 Å². The summed E-state index contributed by atoms with van der Waals surface area (Å²) < 4.78 is 11.6. The molecule has 0 amide bonds. The molecule has 2 saturated heterocycles. The van der Waals surface area contributed by atoms with Crippen molar-refractivity contribution in [3.05, 3.63) is 48.2 Å². The lowest BCUT2D eigenvalue weighted by Crippen LogP contribution is -2.50. The van der Waals surface area contributed by atoms with Crippen molar-refractivity contribution in [2.75, 3.05) is 44.8 Å². The number of hydrogen-bond donors (Lipinski definition) is 2. The van der Waals surface area contributed by atoms with Gasteiger partial charge < -0.3 is 19.5 Å². The van der Waals surface area contributed by atoms with Crippen LogP contribution in [0.5, 0.6) is 11.5 Å². The molecule has 9 heteroatoms. The molecule has 9 nitrogen and oxygen atoms in total. The lowest BCUT2D eigenvalue weighted by Gasteiger charge is -2.37. The molecule has 3 aliphatic rings. The van der Waals surface area contributed by atoms with E-state index in [1.165, 1.54) is 5.56 Å². The number of piperazine rings is 1. The van der Waals surface area contributed by atoms with Crippen LogP contribution in [0.25, 0.3) is 33.5 Å². The summed E-state index contributed by atoms with van der Waals surface area (Å²) in [7, 11) is 1.67. The zero-order valence-electron chi connectivity index (χ0n) is 20.9. The van der Waals surface area contributed by atoms with Crippen molar-refractivity contribution < 1.29 is 14.6 Å². The molecule has 2 N–H and O–H groups in total. The molecule has 37 heavy (non-hydrogen) atoms. The summed E-state index contributed by atoms with van der Waals surface area (Å²) in [6.07, 6.45) is 4.44. The normalized spacial score (nSPS) is 21.5. The van der Waals surface area contributed by atoms with E-state index in [0.29, 0.717) is 11.8 Å². The van der Waals surface area contributed by atoms with Gasteiger partial charge in [0.2, 0.25) is 0 Å². The highest BCUT2D eigenvalue weighted by molar-refractivity contribution is 5.93. The summed E-state index contributed by atoms with van der Waals surface area (Å²) in [5.41, 5.74) is 6.28. The van der Waals surface area contributed by atoms with Gasteiger partial charge >= 0.3 is 0 Å². The van der Waals surface area contributed by atoms with Crippen LogP contribution in [0, 0.1) is 0 Å². The van der Waals surface area contributed by atoms with Crippen molar-refractivity contribution in [3.8, 4) is 34.0 Å². The second-order valence-corrected chi connectivity index (χ2v) is 10.1. The first-order valence-electron chi connectivity index (χ1n) is 13.0. The van der Waals surface area contributed by atoms with Crippen LogP contribution in [-0.2, 0) is 6.42 Å². The molecular formula is C28H30N6O3. The molecule has 190 valence electrons. The first-order chi connectivity index (χ1) is 18.2. The molecule has 2 atom stereocenters. The Morgan fingerprint density at radius 2 is 2.08 bits per heavy atom. The minimum absolute atomic E-state index is 0.210. The second-order valence-electron chi connectivity index (χ2n) is 10.1. The van der Waals surface area contributed by atoms with Crippen LogP contribution in [0.15, 0.2) is 42.6 Å². The third kappa shape index (κ3) is 3.89. The quantitative estimate of drug-likeness (QED) is 0.442. The van der Waals surface area contributed by atoms with Crippen molar-refractivity contribution in [1.82, 2.24) is 25.1 Å². The largest absolute Gasteiger partial charge is 0.494 e. The van der Waals surface area contributed by atoms with Gasteiger partial charge in [0.15, 0.2) is 0 Å². The summed E-state index contributed by atoms with van der Waals surface area (Å²) in [6.45, 7) is 4.29. The lowest BCUT2D eigenvalue weighted by molar-refractivity contribution is 0.173. The second kappa shape index (κ2) is 9.00. The molecule has 0 unspecified atom stereocenters. The molecule has 0 aliphatic carbocycles. The highest BCUT2D eigenvalue weighted by Crippen LogP contribution is 2.39. The van der Waals surface area contributed by atoms with E-state index in [9.17, 15) is 5.11 Å². The van der Waals surface area contributed by atoms with Crippen LogP contribution >= 0.6 is 0 Å². The van der Waals surface area contributed by atoms with Crippen LogP contribution < -0.4 is 14.4 Å². The number of nitrogens with zero attached hydrogens (tertiary/aromatic N) is 5. The van der Waals surface area contributed by atoms with Crippen LogP contribution in [0.3, 0.4) is 0 Å². The molecule has 6 heterocycles. The van der Waals surface area contributed by atoms with Gasteiger partial charge in [0.05, 0.1) is 25.3 Å². The van der Waals surface area contributed by atoms with Crippen LogP contribution in [0.1, 0.15) is 18.4 Å². The Bertz CT molecular complexity index is 1450. The van der Waals surface area contributed by atoms with Gasteiger partial charge in [-0.1, -0.05) is 12.1 Å². The standard InChI is InChI=1S/C28H30N6O3/c1-36-24-13-22-28(30-27(24)21-4-2-6-23-20(21)5-3-11-37-23)26(32-31-22)17-7-8-25(29-14-17)34-10-9-33-16-19(35)12-18(33)15-34/h2,4,6-8,13-14,18-19,35H,3,5,9-12,15-16H2,1H3,(H,31,32)/t18-,19+/m0/s1. The predicted molar refractivity (Wildman–Crippen MR) is 141 cm³/mol. The van der Waals surface area contributed by atoms with E-state index in [-0.39, 0.29) is 6.10 Å². The number of methoxy groups -OCH3 is 1. The Morgan fingerprint density at radius 1 is 1.14 bits per heavy atom. The molecule has 0 saturated carbocycles. The number of aliphatic hydroxyl groups excluding tert-OH is 1. The Balaban J connectivity index is 1.23. The van der Waals surface area contributed by atoms with Gasteiger partial charge in [0.25, 0.3) is 0 Å². The van der Waals surface area contributed by atoms with E-state index >= 15 is 0 Å². The Kier molecular flexibility index (Phi) is 5.48. The monoisotopic (exact) mass is 498 g/mol. The Labute approximate surface area is 215 Å². The number of ether oxygens (including phenoxy) is 2. The Morgan fingerprint density at radius 3 is 2.95 bits per heavy atom. The maximum Gasteiger partial charge on any atom is 0.147 e. The number of benzene rings is 1. The zero-order chi connectivity index (χ0) is 24.9. The number of aliphatic hydroxyl groups is 1. The number of hydrogen-bond acceptors (Lipinski definition) is 8. The highest BCUT2D eigenvalue weighted by atomic mass is 16.5. The average Bonchev–Trinajstić information content (AvgIpc) is 3.53. The maximum absolute atomic E-state index is 10.0. The number of anilines is 1. The molecule has 1 aromatic carbocycles. The van der Waals surface area contributed by atoms with Gasteiger partial charge in [-0.3, -0.25) is 10.00 Å². The van der Waals surface area contributed by atoms with Gasteiger partial charge in [-0.2, -0.15) is 5.10 Å². The average molecular weight is 499 g/mol. The van der Waals surface area contributed by atoms with E-state index < -0.39 is 0 Å². The molecule has 3 aromatic heterocycles. The molecular weight excluding hydrogens is 468 g/mol. The smallest absolute Gasteiger partial charge is 0.147 e. The van der Waals surface area contributed by atoms with E-state index in [4.69, 9.17) is 19.4 Å². The van der Waals surface area contributed by atoms with Crippen LogP contribution in [0.2, 0.25) is 0 Å². The summed E-state index contributed by atoms with van der Waals surface area (Å²) in [4.78, 5) is 14.6. The number of rotatable bonds is 4. The third-order valence-electron chi connectivity index (χ3n) is 7.88. The molecule has 0 radical (unpaired) electrons. The van der Waals surface area contributed by atoms with Crippen molar-refractivity contribution in [2.24, 2.45) is 0 Å². The number of H-pyrrole nitrogens is 1. The summed E-state index contributed by atoms with van der Waals surface area (Å²) in [5.74, 6) is 2.58. The molecule has 7 rings (SSSR count). The van der Waals surface area contributed by atoms with Gasteiger partial charge in [-0.25, -0.2) is 9.97 Å². The number of aromatic amines is 1. The van der Waals surface area contributed by atoms with Crippen molar-refractivity contribution in [2.45, 2.75) is 31.4 Å². The summed E-state index contributed by atoms with van der Waals surface area (Å²) in [5, 5.41) is 17.7. The minimum Gasteiger partial charge on any atom is -0.494 e. The van der Waals surface area contributed by atoms with E-state index in [1.807, 2.05) is 24.4 Å². The lowest BCUT2D eigenvalue weighted by atomic mass is 9.96. The van der Waals surface area contributed by atoms with Crippen molar-refractivity contribution in [1.29, 1.82) is 0 Å². The van der Waals surface area contributed by atoms with E-state index in [2.05, 4.69) is 38.2 Å². The molecule has 0 spiro atoms. The van der Waals surface area contributed by atoms with Crippen molar-refractivity contribution in [3.63, 3.8) is 0 Å². The van der Waals surface area contributed by atoms with Gasteiger partial charge in [0, 0.05) is 61.2 Å². The maximum atomic E-state index is 10.0. The van der Waals surface area contributed by atoms with Gasteiger partial charge in [-0.15, -0.1) is 0 Å². The fourth-order valence-corrected chi connectivity index (χ4v) is 6.03. The van der Waals surface area contributed by atoms with Gasteiger partial charge in [-0.05, 0) is 37.5 Å². The highest BCUT2D eigenvalue weighted by Gasteiger charge is 2.35. The first-order valence-corrected chi connectivity index (χ1v) is 13.0. The van der Waals surface area contributed by atoms with E-state index in [0.717, 1.165) is 97.2 Å². The topological polar surface area (TPSA) is 99.6 Å². The number of fused-ring (bicyclic) bond motifs is 3. The zero-order valence-corrected chi connectivity index (χ0v) is 20.9. The minimum atomic E-state index is -0.210. The molecule has 4 aromatic rings. The summed E-state index contributed by atoms with van der Waals surface area (Å²) in [6, 6.07) is 12.6. The number of nitrogens with one attached hydrogen (secondary N) is 1. The SMILES string of the molecule is COc1cc2[nH]nc(-c3ccc(N4CCN5C[C@H](O)C[C@H]5C4)nc3)c2nc1-c1cccc2c1CCCO2. The van der Waals surface area contributed by atoms with E-state index in [1.54, 1.807) is 7.11 Å². The number of aromatic nitrogens is 4. The fourth-order valence-electron chi connectivity index (χ4n) is 6.03. The first kappa shape index (κ1) is 22.5. The molecule has 3 aliphatic heterocycles. The predicted octanol–water partition coefficient (Wildman–Crippen LogP) is 3.28.